The predicted molar refractivity (Wildman–Crippen MR) is 46.6 cm³/mol. The average molecular weight is 204 g/mol. The molecule has 0 aromatic heterocycles. The van der Waals surface area contributed by atoms with E-state index in [1.165, 1.54) is 0 Å². The standard InChI is InChI=1S/C5H13NO3S.ClH/c1-10(8,9)3-2-5(6)4-7;/h5,7H,2-4,6H2,1H3;1H/t5-;/m0./s1. The number of hydrogen-bond donors (Lipinski definition) is 2. The molecule has 0 spiro atoms. The van der Waals surface area contributed by atoms with Crippen LogP contribution in [0.4, 0.5) is 0 Å². The van der Waals surface area contributed by atoms with Gasteiger partial charge in [-0.25, -0.2) is 8.42 Å². The van der Waals surface area contributed by atoms with Crippen LogP contribution < -0.4 is 5.73 Å². The van der Waals surface area contributed by atoms with E-state index in [0.29, 0.717) is 6.42 Å². The molecular weight excluding hydrogens is 190 g/mol. The summed E-state index contributed by atoms with van der Waals surface area (Å²) in [6.45, 7) is -0.157. The van der Waals surface area contributed by atoms with Gasteiger partial charge >= 0.3 is 0 Å². The molecular formula is C5H14ClNO3S. The van der Waals surface area contributed by atoms with Gasteiger partial charge in [-0.15, -0.1) is 12.4 Å². The van der Waals surface area contributed by atoms with E-state index in [0.717, 1.165) is 6.26 Å². The van der Waals surface area contributed by atoms with Crippen molar-refractivity contribution in [3.8, 4) is 0 Å². The van der Waals surface area contributed by atoms with Gasteiger partial charge in [0.2, 0.25) is 0 Å². The Labute approximate surface area is 73.1 Å². The molecule has 0 aliphatic rings. The van der Waals surface area contributed by atoms with E-state index < -0.39 is 15.9 Å². The molecule has 0 aliphatic heterocycles. The third kappa shape index (κ3) is 10.2. The fraction of sp³-hybridized carbons (Fsp3) is 1.00. The molecule has 0 saturated heterocycles. The summed E-state index contributed by atoms with van der Waals surface area (Å²) in [6, 6.07) is -0.408. The maximum Gasteiger partial charge on any atom is 0.147 e. The summed E-state index contributed by atoms with van der Waals surface area (Å²) < 4.78 is 21.0. The van der Waals surface area contributed by atoms with Crippen molar-refractivity contribution in [2.24, 2.45) is 5.73 Å². The summed E-state index contributed by atoms with van der Waals surface area (Å²) in [6.07, 6.45) is 1.48. The molecule has 0 saturated carbocycles. The van der Waals surface area contributed by atoms with E-state index in [-0.39, 0.29) is 24.8 Å². The lowest BCUT2D eigenvalue weighted by Gasteiger charge is -2.04. The Balaban J connectivity index is 0. The van der Waals surface area contributed by atoms with Gasteiger partial charge in [-0.1, -0.05) is 0 Å². The summed E-state index contributed by atoms with van der Waals surface area (Å²) in [5, 5.41) is 8.41. The van der Waals surface area contributed by atoms with E-state index in [1.54, 1.807) is 0 Å². The minimum atomic E-state index is -2.92. The monoisotopic (exact) mass is 203 g/mol. The highest BCUT2D eigenvalue weighted by Gasteiger charge is 2.05. The Hall–Kier alpha value is 0.160. The molecule has 70 valence electrons. The Morgan fingerprint density at radius 3 is 2.27 bits per heavy atom. The van der Waals surface area contributed by atoms with E-state index in [2.05, 4.69) is 0 Å². The third-order valence-electron chi connectivity index (χ3n) is 1.09. The second-order valence-electron chi connectivity index (χ2n) is 2.36. The molecule has 0 bridgehead atoms. The predicted octanol–water partition coefficient (Wildman–Crippen LogP) is -0.837. The van der Waals surface area contributed by atoms with Gasteiger partial charge in [0.25, 0.3) is 0 Å². The van der Waals surface area contributed by atoms with Gasteiger partial charge in [0.1, 0.15) is 9.84 Å². The zero-order valence-electron chi connectivity index (χ0n) is 6.36. The van der Waals surface area contributed by atoms with Crippen LogP contribution in [0.3, 0.4) is 0 Å². The molecule has 11 heavy (non-hydrogen) atoms. The molecule has 0 radical (unpaired) electrons. The van der Waals surface area contributed by atoms with E-state index in [4.69, 9.17) is 10.8 Å². The van der Waals surface area contributed by atoms with Crippen molar-refractivity contribution in [1.29, 1.82) is 0 Å². The molecule has 0 aromatic rings. The normalized spacial score (nSPS) is 13.7. The first-order valence-corrected chi connectivity index (χ1v) is 5.06. The first-order valence-electron chi connectivity index (χ1n) is 3.00. The lowest BCUT2D eigenvalue weighted by Crippen LogP contribution is -2.26. The highest BCUT2D eigenvalue weighted by Crippen LogP contribution is 1.91. The number of halogens is 1. The van der Waals surface area contributed by atoms with Crippen molar-refractivity contribution in [1.82, 2.24) is 0 Å². The second kappa shape index (κ2) is 5.77. The van der Waals surface area contributed by atoms with Crippen LogP contribution in [0.2, 0.25) is 0 Å². The van der Waals surface area contributed by atoms with Crippen molar-refractivity contribution in [2.45, 2.75) is 12.5 Å². The zero-order chi connectivity index (χ0) is 8.20. The van der Waals surface area contributed by atoms with Crippen LogP contribution in [-0.2, 0) is 9.84 Å². The van der Waals surface area contributed by atoms with Gasteiger partial charge in [-0.3, -0.25) is 0 Å². The number of rotatable bonds is 4. The van der Waals surface area contributed by atoms with E-state index in [1.807, 2.05) is 0 Å². The molecule has 0 aromatic carbocycles. The minimum absolute atomic E-state index is 0. The van der Waals surface area contributed by atoms with Gasteiger partial charge in [0.15, 0.2) is 0 Å². The number of hydrogen-bond acceptors (Lipinski definition) is 4. The number of sulfone groups is 1. The molecule has 3 N–H and O–H groups in total. The lowest BCUT2D eigenvalue weighted by atomic mass is 10.3. The lowest BCUT2D eigenvalue weighted by molar-refractivity contribution is 0.263. The maximum absolute atomic E-state index is 10.5. The number of aliphatic hydroxyl groups excluding tert-OH is 1. The molecule has 0 amide bonds. The quantitative estimate of drug-likeness (QED) is 0.625. The largest absolute Gasteiger partial charge is 0.395 e. The molecule has 6 heteroatoms. The van der Waals surface area contributed by atoms with E-state index >= 15 is 0 Å². The van der Waals surface area contributed by atoms with Crippen molar-refractivity contribution in [2.75, 3.05) is 18.6 Å². The van der Waals surface area contributed by atoms with Crippen molar-refractivity contribution in [3.05, 3.63) is 0 Å². The Kier molecular flexibility index (Phi) is 7.20. The first kappa shape index (κ1) is 13.7. The smallest absolute Gasteiger partial charge is 0.147 e. The minimum Gasteiger partial charge on any atom is -0.395 e. The van der Waals surface area contributed by atoms with Crippen LogP contribution >= 0.6 is 12.4 Å². The van der Waals surface area contributed by atoms with Gasteiger partial charge in [-0.05, 0) is 6.42 Å². The summed E-state index contributed by atoms with van der Waals surface area (Å²) in [5.74, 6) is 0.0503. The van der Waals surface area contributed by atoms with Crippen LogP contribution in [0.25, 0.3) is 0 Å². The molecule has 4 nitrogen and oxygen atoms in total. The van der Waals surface area contributed by atoms with Gasteiger partial charge in [-0.2, -0.15) is 0 Å². The molecule has 1 atom stereocenters. The topological polar surface area (TPSA) is 80.4 Å². The second-order valence-corrected chi connectivity index (χ2v) is 4.62. The van der Waals surface area contributed by atoms with Crippen LogP contribution in [0.15, 0.2) is 0 Å². The Morgan fingerprint density at radius 2 is 2.00 bits per heavy atom. The van der Waals surface area contributed by atoms with Crippen LogP contribution in [0.1, 0.15) is 6.42 Å². The Bertz CT molecular complexity index is 180. The summed E-state index contributed by atoms with van der Waals surface area (Å²) in [5.41, 5.74) is 5.27. The van der Waals surface area contributed by atoms with Crippen LogP contribution in [0, 0.1) is 0 Å². The fourth-order valence-corrected chi connectivity index (χ4v) is 1.19. The molecule has 0 unspecified atom stereocenters. The van der Waals surface area contributed by atoms with Crippen molar-refractivity contribution in [3.63, 3.8) is 0 Å². The number of nitrogens with two attached hydrogens (primary N) is 1. The Morgan fingerprint density at radius 1 is 1.55 bits per heavy atom. The van der Waals surface area contributed by atoms with Gasteiger partial charge < -0.3 is 10.8 Å². The van der Waals surface area contributed by atoms with Crippen LogP contribution in [-0.4, -0.2) is 38.2 Å². The third-order valence-corrected chi connectivity index (χ3v) is 2.07. The van der Waals surface area contributed by atoms with Crippen molar-refractivity contribution >= 4 is 22.2 Å². The summed E-state index contributed by atoms with van der Waals surface area (Å²) in [4.78, 5) is 0. The number of aliphatic hydroxyl groups is 1. The fourth-order valence-electron chi connectivity index (χ4n) is 0.457. The zero-order valence-corrected chi connectivity index (χ0v) is 7.99. The maximum atomic E-state index is 10.5. The van der Waals surface area contributed by atoms with Crippen molar-refractivity contribution < 1.29 is 13.5 Å². The highest BCUT2D eigenvalue weighted by molar-refractivity contribution is 7.90. The summed E-state index contributed by atoms with van der Waals surface area (Å²) in [7, 11) is -2.92. The molecule has 0 aliphatic carbocycles. The van der Waals surface area contributed by atoms with Gasteiger partial charge in [0, 0.05) is 12.3 Å². The summed E-state index contributed by atoms with van der Waals surface area (Å²) >= 11 is 0. The van der Waals surface area contributed by atoms with E-state index in [9.17, 15) is 8.42 Å². The highest BCUT2D eigenvalue weighted by atomic mass is 35.5. The first-order chi connectivity index (χ1) is 4.45. The molecule has 0 fully saturated rings. The molecule has 0 heterocycles. The molecule has 0 rings (SSSR count). The average Bonchev–Trinajstić information content (AvgIpc) is 1.81. The SMILES string of the molecule is CS(=O)(=O)CC[C@H](N)CO.Cl. The van der Waals surface area contributed by atoms with Crippen LogP contribution in [0.5, 0.6) is 0 Å². The van der Waals surface area contributed by atoms with Gasteiger partial charge in [0.05, 0.1) is 12.4 Å².